The maximum Gasteiger partial charge on any atom is 0.326 e. The Hall–Kier alpha value is -4.43. The van der Waals surface area contributed by atoms with Crippen molar-refractivity contribution >= 4 is 51.0 Å². The monoisotopic (exact) mass is 667 g/mol. The Morgan fingerprint density at radius 1 is 0.935 bits per heavy atom. The van der Waals surface area contributed by atoms with E-state index in [0.29, 0.717) is 16.9 Å². The molecule has 0 saturated heterocycles. The van der Waals surface area contributed by atoms with Gasteiger partial charge in [-0.2, -0.15) is 0 Å². The summed E-state index contributed by atoms with van der Waals surface area (Å²) in [5, 5.41) is 28.7. The van der Waals surface area contributed by atoms with Crippen LogP contribution < -0.4 is 16.0 Å². The zero-order chi connectivity index (χ0) is 33.5. The van der Waals surface area contributed by atoms with Crippen LogP contribution >= 0.6 is 21.6 Å². The fraction of sp³-hybridized carbons (Fsp3) is 0.344. The second-order valence-corrected chi connectivity index (χ2v) is 13.3. The average Bonchev–Trinajstić information content (AvgIpc) is 3.04. The van der Waals surface area contributed by atoms with E-state index >= 15 is 0 Å². The maximum absolute atomic E-state index is 13.7. The molecule has 1 aromatic heterocycles. The molecule has 0 saturated carbocycles. The zero-order valence-corrected chi connectivity index (χ0v) is 27.1. The molecule has 0 aliphatic rings. The number of carbonyl (C=O) groups is 4. The van der Waals surface area contributed by atoms with Crippen LogP contribution in [0.15, 0.2) is 84.0 Å². The van der Waals surface area contributed by atoms with Crippen molar-refractivity contribution in [2.75, 3.05) is 6.54 Å². The van der Waals surface area contributed by atoms with Gasteiger partial charge >= 0.3 is 5.97 Å². The van der Waals surface area contributed by atoms with Gasteiger partial charge in [-0.15, -0.1) is 0 Å². The third-order valence-electron chi connectivity index (χ3n) is 6.70. The Morgan fingerprint density at radius 2 is 1.63 bits per heavy atom. The van der Waals surface area contributed by atoms with Gasteiger partial charge in [-0.25, -0.2) is 4.79 Å². The first-order valence-corrected chi connectivity index (χ1v) is 16.9. The van der Waals surface area contributed by atoms with E-state index in [1.165, 1.54) is 12.3 Å². The molecule has 2 aromatic carbocycles. The highest BCUT2D eigenvalue weighted by atomic mass is 33.1. The predicted octanol–water partition coefficient (Wildman–Crippen LogP) is 4.65. The van der Waals surface area contributed by atoms with Gasteiger partial charge in [0.05, 0.1) is 20.6 Å². The number of nitrogens with zero attached hydrogens (tertiary/aromatic N) is 2. The number of carboxylic acids is 1. The third-order valence-corrected chi connectivity index (χ3v) is 9.53. The molecule has 14 heteroatoms. The molecule has 0 aliphatic heterocycles. The molecule has 4 N–H and O–H groups in total. The summed E-state index contributed by atoms with van der Waals surface area (Å²) < 4.78 is 0. The molecule has 0 aliphatic carbocycles. The van der Waals surface area contributed by atoms with Crippen LogP contribution in [-0.4, -0.2) is 62.6 Å². The summed E-state index contributed by atoms with van der Waals surface area (Å²) in [6.07, 6.45) is 4.00. The number of hydrogen-bond acceptors (Lipinski definition) is 9. The Morgan fingerprint density at radius 3 is 2.28 bits per heavy atom. The van der Waals surface area contributed by atoms with Crippen molar-refractivity contribution in [3.8, 4) is 0 Å². The van der Waals surface area contributed by atoms with Crippen LogP contribution in [-0.2, 0) is 20.8 Å². The second kappa shape index (κ2) is 18.5. The van der Waals surface area contributed by atoms with Crippen LogP contribution in [0.25, 0.3) is 0 Å². The molecule has 3 rings (SSSR count). The van der Waals surface area contributed by atoms with Crippen molar-refractivity contribution in [3.63, 3.8) is 0 Å². The molecule has 0 spiro atoms. The van der Waals surface area contributed by atoms with Crippen LogP contribution in [0.3, 0.4) is 0 Å². The number of nitro benzene ring substituents is 1. The van der Waals surface area contributed by atoms with Crippen LogP contribution in [0, 0.1) is 16.0 Å². The Balaban J connectivity index is 1.72. The van der Waals surface area contributed by atoms with E-state index in [4.69, 9.17) is 0 Å². The number of hydrogen-bond donors (Lipinski definition) is 4. The second-order valence-electron chi connectivity index (χ2n) is 10.8. The highest BCUT2D eigenvalue weighted by Gasteiger charge is 2.30. The number of pyridine rings is 1. The van der Waals surface area contributed by atoms with Crippen LogP contribution in [0.4, 0.5) is 5.69 Å². The number of rotatable bonds is 18. The topological polar surface area (TPSA) is 181 Å². The zero-order valence-electron chi connectivity index (χ0n) is 25.5. The largest absolute Gasteiger partial charge is 0.480 e. The smallest absolute Gasteiger partial charge is 0.326 e. The molecule has 1 heterocycles. The number of aromatic nitrogens is 1. The lowest BCUT2D eigenvalue weighted by Crippen LogP contribution is -2.53. The summed E-state index contributed by atoms with van der Waals surface area (Å²) >= 11 is 0. The van der Waals surface area contributed by atoms with Crippen LogP contribution in [0.5, 0.6) is 0 Å². The number of nitro groups is 1. The number of carboxylic acid groups (broad SMARTS) is 1. The van der Waals surface area contributed by atoms with Gasteiger partial charge in [0.2, 0.25) is 11.8 Å². The van der Waals surface area contributed by atoms with E-state index in [-0.39, 0.29) is 43.3 Å². The van der Waals surface area contributed by atoms with Gasteiger partial charge in [-0.05, 0) is 59.7 Å². The van der Waals surface area contributed by atoms with Crippen molar-refractivity contribution in [2.45, 2.75) is 61.8 Å². The predicted molar refractivity (Wildman–Crippen MR) is 177 cm³/mol. The van der Waals surface area contributed by atoms with Gasteiger partial charge < -0.3 is 21.1 Å². The quantitative estimate of drug-likeness (QED) is 0.0645. The summed E-state index contributed by atoms with van der Waals surface area (Å²) in [5.74, 6) is -2.62. The fourth-order valence-electron chi connectivity index (χ4n) is 4.39. The molecule has 3 amide bonds. The van der Waals surface area contributed by atoms with Crippen molar-refractivity contribution in [3.05, 3.63) is 100 Å². The van der Waals surface area contributed by atoms with E-state index in [1.807, 2.05) is 19.9 Å². The van der Waals surface area contributed by atoms with Crippen molar-refractivity contribution in [2.24, 2.45) is 5.92 Å². The molecule has 46 heavy (non-hydrogen) atoms. The standard InChI is InChI=1S/C32H37N5O7S2/c1-21(2)18-24(30(39)36-25(32(41)42)19-22-10-4-3-5-11-22)35-31(40)28(46-45-27-14-7-6-13-26(27)37(43)44)15-9-17-34-29(38)23-12-8-16-33-20-23/h3-8,10-14,16,20-21,24-25,28H,9,15,17-19H2,1-2H3,(H,34,38)(H,35,40)(H,36,39)(H,41,42)/t24-,25-,28?/m0/s1. The highest BCUT2D eigenvalue weighted by molar-refractivity contribution is 8.77. The van der Waals surface area contributed by atoms with Crippen molar-refractivity contribution < 1.29 is 29.2 Å². The Bertz CT molecular complexity index is 1480. The minimum Gasteiger partial charge on any atom is -0.480 e. The molecule has 0 radical (unpaired) electrons. The van der Waals surface area contributed by atoms with Crippen molar-refractivity contribution in [1.29, 1.82) is 0 Å². The van der Waals surface area contributed by atoms with Crippen LogP contribution in [0.1, 0.15) is 49.0 Å². The average molecular weight is 668 g/mol. The number of nitrogens with one attached hydrogen (secondary N) is 3. The first-order chi connectivity index (χ1) is 22.0. The molecule has 1 unspecified atom stereocenters. The lowest BCUT2D eigenvalue weighted by atomic mass is 10.0. The number of aliphatic carboxylic acids is 1. The first-order valence-electron chi connectivity index (χ1n) is 14.7. The summed E-state index contributed by atoms with van der Waals surface area (Å²) in [7, 11) is 2.19. The number of para-hydroxylation sites is 1. The minimum absolute atomic E-state index is 0.0106. The van der Waals surface area contributed by atoms with E-state index in [9.17, 15) is 34.4 Å². The molecular formula is C32H37N5O7S2. The number of benzene rings is 2. The van der Waals surface area contributed by atoms with Gasteiger partial charge in [0.25, 0.3) is 11.6 Å². The summed E-state index contributed by atoms with van der Waals surface area (Å²) in [4.78, 5) is 66.8. The SMILES string of the molecule is CC(C)C[C@H](NC(=O)C(CCCNC(=O)c1cccnc1)SSc1ccccc1[N+](=O)[O-])C(=O)N[C@@H](Cc1ccccc1)C(=O)O. The van der Waals surface area contributed by atoms with Crippen molar-refractivity contribution in [1.82, 2.24) is 20.9 Å². The van der Waals surface area contributed by atoms with Gasteiger partial charge in [0.15, 0.2) is 0 Å². The summed E-state index contributed by atoms with van der Waals surface area (Å²) in [5.41, 5.74) is 1.03. The number of carbonyl (C=O) groups excluding carboxylic acids is 3. The number of amides is 3. The lowest BCUT2D eigenvalue weighted by molar-refractivity contribution is -0.387. The van der Waals surface area contributed by atoms with Gasteiger partial charge in [0.1, 0.15) is 12.1 Å². The van der Waals surface area contributed by atoms with E-state index in [0.717, 1.165) is 27.2 Å². The molecule has 244 valence electrons. The van der Waals surface area contributed by atoms with Gasteiger partial charge in [-0.1, -0.05) is 67.1 Å². The molecule has 0 bridgehead atoms. The molecule has 3 atom stereocenters. The Kier molecular flexibility index (Phi) is 14.5. The lowest BCUT2D eigenvalue weighted by Gasteiger charge is -2.25. The van der Waals surface area contributed by atoms with E-state index in [1.54, 1.807) is 60.8 Å². The fourth-order valence-corrected chi connectivity index (χ4v) is 7.02. The van der Waals surface area contributed by atoms with Crippen LogP contribution in [0.2, 0.25) is 0 Å². The summed E-state index contributed by atoms with van der Waals surface area (Å²) in [6, 6.07) is 16.1. The molecule has 0 fully saturated rings. The third kappa shape index (κ3) is 11.8. The van der Waals surface area contributed by atoms with Gasteiger partial charge in [0, 0.05) is 31.4 Å². The first kappa shape index (κ1) is 36.0. The normalized spacial score (nSPS) is 12.8. The van der Waals surface area contributed by atoms with E-state index in [2.05, 4.69) is 20.9 Å². The van der Waals surface area contributed by atoms with E-state index < -0.39 is 40.0 Å². The summed E-state index contributed by atoms with van der Waals surface area (Å²) in [6.45, 7) is 4.02. The molecule has 12 nitrogen and oxygen atoms in total. The maximum atomic E-state index is 13.7. The molecule has 3 aromatic rings. The van der Waals surface area contributed by atoms with Gasteiger partial charge in [-0.3, -0.25) is 29.5 Å². The Labute approximate surface area is 275 Å². The minimum atomic E-state index is -1.20. The highest BCUT2D eigenvalue weighted by Crippen LogP contribution is 2.40. The molecular weight excluding hydrogens is 631 g/mol.